The quantitative estimate of drug-likeness (QED) is 0.142. The van der Waals surface area contributed by atoms with Gasteiger partial charge in [-0.2, -0.15) is 0 Å². The van der Waals surface area contributed by atoms with Crippen LogP contribution in [0.3, 0.4) is 0 Å². The molecule has 0 heterocycles. The Kier molecular flexibility index (Phi) is 8.11. The van der Waals surface area contributed by atoms with E-state index in [0.717, 1.165) is 50.2 Å². The molecule has 1 fully saturated rings. The van der Waals surface area contributed by atoms with Gasteiger partial charge in [0, 0.05) is 22.4 Å². The Morgan fingerprint density at radius 2 is 1.49 bits per heavy atom. The average Bonchev–Trinajstić information content (AvgIpc) is 2.84. The molecule has 1 saturated carbocycles. The van der Waals surface area contributed by atoms with Gasteiger partial charge in [-0.1, -0.05) is 44.1 Å². The second-order valence-corrected chi connectivity index (χ2v) is 9.52. The summed E-state index contributed by atoms with van der Waals surface area (Å²) in [7, 11) is 0. The van der Waals surface area contributed by atoms with Crippen LogP contribution in [0, 0.1) is 46.8 Å². The molecule has 0 saturated heterocycles. The first-order valence-electron chi connectivity index (χ1n) is 12.4. The Balaban J connectivity index is 1.40. The molecule has 0 aliphatic heterocycles. The van der Waals surface area contributed by atoms with Gasteiger partial charge in [0.05, 0.1) is 0 Å². The van der Waals surface area contributed by atoms with Gasteiger partial charge in [-0.15, -0.1) is 0 Å². The van der Waals surface area contributed by atoms with Crippen molar-refractivity contribution in [3.63, 3.8) is 0 Å². The highest BCUT2D eigenvalue weighted by molar-refractivity contribution is 5.84. The summed E-state index contributed by atoms with van der Waals surface area (Å²) in [5.74, 6) is 1.32. The maximum Gasteiger partial charge on any atom is 0.195 e. The van der Waals surface area contributed by atoms with Crippen molar-refractivity contribution in [2.45, 2.75) is 70.6 Å². The van der Waals surface area contributed by atoms with Crippen molar-refractivity contribution in [1.82, 2.24) is 0 Å². The first-order valence-corrected chi connectivity index (χ1v) is 12.4. The maximum absolute atomic E-state index is 14.8. The van der Waals surface area contributed by atoms with Crippen LogP contribution in [0.4, 0.5) is 22.0 Å². The fraction of sp³-hybridized carbons (Fsp3) is 0.400. The average molecular weight is 485 g/mol. The third kappa shape index (κ3) is 5.86. The van der Waals surface area contributed by atoms with E-state index >= 15 is 0 Å². The fourth-order valence-electron chi connectivity index (χ4n) is 5.02. The molecule has 0 unspecified atom stereocenters. The van der Waals surface area contributed by atoms with Crippen molar-refractivity contribution in [2.75, 3.05) is 0 Å². The van der Waals surface area contributed by atoms with Crippen molar-refractivity contribution in [3.8, 4) is 11.8 Å². The molecule has 0 N–H and O–H groups in total. The van der Waals surface area contributed by atoms with Gasteiger partial charge >= 0.3 is 0 Å². The zero-order valence-corrected chi connectivity index (χ0v) is 19.9. The number of halogens is 5. The SMILES string of the molecule is CCCCCCc1cc(F)c(C2CCC(C#Cc3ccc4c(F)c(F)c(F)cc4c3)CC2)c(F)c1. The van der Waals surface area contributed by atoms with Crippen LogP contribution in [0.15, 0.2) is 36.4 Å². The van der Waals surface area contributed by atoms with Gasteiger partial charge in [-0.05, 0) is 85.7 Å². The smallest absolute Gasteiger partial charge is 0.195 e. The number of aryl methyl sites for hydroxylation is 1. The molecule has 184 valence electrons. The van der Waals surface area contributed by atoms with Crippen LogP contribution in [0.5, 0.6) is 0 Å². The summed E-state index contributed by atoms with van der Waals surface area (Å²) in [5, 5.41) is 0.252. The molecule has 35 heavy (non-hydrogen) atoms. The highest BCUT2D eigenvalue weighted by Gasteiger charge is 2.26. The van der Waals surface area contributed by atoms with Crippen LogP contribution >= 0.6 is 0 Å². The second kappa shape index (κ2) is 11.2. The van der Waals surface area contributed by atoms with Crippen molar-refractivity contribution in [2.24, 2.45) is 5.92 Å². The van der Waals surface area contributed by atoms with Gasteiger partial charge < -0.3 is 0 Å². The molecule has 3 aromatic carbocycles. The van der Waals surface area contributed by atoms with Crippen LogP contribution in [0.25, 0.3) is 10.8 Å². The molecule has 0 nitrogen and oxygen atoms in total. The minimum absolute atomic E-state index is 0.00555. The van der Waals surface area contributed by atoms with Gasteiger partial charge in [0.1, 0.15) is 11.6 Å². The Labute approximate surface area is 203 Å². The molecule has 1 aliphatic carbocycles. The van der Waals surface area contributed by atoms with Crippen molar-refractivity contribution < 1.29 is 22.0 Å². The molecule has 0 atom stereocenters. The van der Waals surface area contributed by atoms with Gasteiger partial charge in [-0.3, -0.25) is 0 Å². The zero-order valence-electron chi connectivity index (χ0n) is 19.9. The number of hydrogen-bond donors (Lipinski definition) is 0. The minimum Gasteiger partial charge on any atom is -0.207 e. The fourth-order valence-corrected chi connectivity index (χ4v) is 5.02. The molecular formula is C30H29F5. The monoisotopic (exact) mass is 484 g/mol. The first-order chi connectivity index (χ1) is 16.9. The molecule has 4 rings (SSSR count). The lowest BCUT2D eigenvalue weighted by Crippen LogP contribution is -2.15. The summed E-state index contributed by atoms with van der Waals surface area (Å²) < 4.78 is 70.5. The van der Waals surface area contributed by atoms with E-state index in [4.69, 9.17) is 0 Å². The number of fused-ring (bicyclic) bond motifs is 1. The van der Waals surface area contributed by atoms with Crippen molar-refractivity contribution in [1.29, 1.82) is 0 Å². The Morgan fingerprint density at radius 1 is 0.771 bits per heavy atom. The number of unbranched alkanes of at least 4 members (excludes halogenated alkanes) is 3. The first kappa shape index (κ1) is 25.2. The van der Waals surface area contributed by atoms with E-state index in [0.29, 0.717) is 24.8 Å². The van der Waals surface area contributed by atoms with Gasteiger partial charge in [-0.25, -0.2) is 22.0 Å². The van der Waals surface area contributed by atoms with E-state index in [1.165, 1.54) is 24.3 Å². The summed E-state index contributed by atoms with van der Waals surface area (Å²) in [6, 6.07) is 8.46. The molecule has 0 spiro atoms. The summed E-state index contributed by atoms with van der Waals surface area (Å²) in [6.45, 7) is 2.13. The highest BCUT2D eigenvalue weighted by Crippen LogP contribution is 2.38. The minimum atomic E-state index is -1.48. The van der Waals surface area contributed by atoms with Crippen LogP contribution in [0.1, 0.15) is 80.9 Å². The molecular weight excluding hydrogens is 455 g/mol. The molecule has 5 heteroatoms. The Hall–Kier alpha value is -2.87. The van der Waals surface area contributed by atoms with E-state index in [9.17, 15) is 22.0 Å². The van der Waals surface area contributed by atoms with Crippen molar-refractivity contribution in [3.05, 3.63) is 82.2 Å². The summed E-state index contributed by atoms with van der Waals surface area (Å²) >= 11 is 0. The van der Waals surface area contributed by atoms with E-state index in [1.807, 2.05) is 0 Å². The molecule has 0 amide bonds. The third-order valence-corrected chi connectivity index (χ3v) is 6.99. The summed E-state index contributed by atoms with van der Waals surface area (Å²) in [4.78, 5) is 0. The second-order valence-electron chi connectivity index (χ2n) is 9.52. The molecule has 0 radical (unpaired) electrons. The van der Waals surface area contributed by atoms with E-state index < -0.39 is 29.1 Å². The molecule has 1 aliphatic rings. The lowest BCUT2D eigenvalue weighted by molar-refractivity contribution is 0.366. The predicted molar refractivity (Wildman–Crippen MR) is 130 cm³/mol. The lowest BCUT2D eigenvalue weighted by Gasteiger charge is -2.26. The van der Waals surface area contributed by atoms with Gasteiger partial charge in [0.2, 0.25) is 0 Å². The number of benzene rings is 3. The Morgan fingerprint density at radius 3 is 2.17 bits per heavy atom. The van der Waals surface area contributed by atoms with E-state index in [-0.39, 0.29) is 28.2 Å². The van der Waals surface area contributed by atoms with Gasteiger partial charge in [0.15, 0.2) is 17.5 Å². The van der Waals surface area contributed by atoms with E-state index in [1.54, 1.807) is 6.07 Å². The molecule has 0 bridgehead atoms. The largest absolute Gasteiger partial charge is 0.207 e. The maximum atomic E-state index is 14.8. The highest BCUT2D eigenvalue weighted by atomic mass is 19.2. The van der Waals surface area contributed by atoms with Crippen LogP contribution in [0.2, 0.25) is 0 Å². The Bertz CT molecular complexity index is 1240. The normalized spacial score (nSPS) is 17.9. The molecule has 3 aromatic rings. The summed E-state index contributed by atoms with van der Waals surface area (Å²) in [5.41, 5.74) is 1.49. The van der Waals surface area contributed by atoms with Crippen molar-refractivity contribution >= 4 is 10.8 Å². The zero-order chi connectivity index (χ0) is 24.9. The molecule has 0 aromatic heterocycles. The number of rotatable bonds is 6. The van der Waals surface area contributed by atoms with Crippen LogP contribution < -0.4 is 0 Å². The lowest BCUT2D eigenvalue weighted by atomic mass is 9.78. The van der Waals surface area contributed by atoms with Crippen LogP contribution in [-0.4, -0.2) is 0 Å². The van der Waals surface area contributed by atoms with Crippen LogP contribution in [-0.2, 0) is 6.42 Å². The topological polar surface area (TPSA) is 0 Å². The standard InChI is InChI=1S/C30H29F5/c1-2-3-4-5-6-21-16-25(31)28(26(32)17-21)22-12-9-19(10-13-22)7-8-20-11-14-24-23(15-20)18-27(33)30(35)29(24)34/h11,14-19,22H,2-6,9-10,12-13H2,1H3. The predicted octanol–water partition coefficient (Wildman–Crippen LogP) is 8.98. The number of hydrogen-bond acceptors (Lipinski definition) is 0. The summed E-state index contributed by atoms with van der Waals surface area (Å²) in [6.07, 6.45) is 7.69. The van der Waals surface area contributed by atoms with E-state index in [2.05, 4.69) is 18.8 Å². The van der Waals surface area contributed by atoms with Gasteiger partial charge in [0.25, 0.3) is 0 Å². The third-order valence-electron chi connectivity index (χ3n) is 6.99.